The fraction of sp³-hybridized carbons (Fsp3) is 0.708. The van der Waals surface area contributed by atoms with Crippen molar-refractivity contribution in [3.63, 3.8) is 0 Å². The number of methoxy groups -OCH3 is 1. The number of halogens is 2. The van der Waals surface area contributed by atoms with Gasteiger partial charge in [0.25, 0.3) is 0 Å². The summed E-state index contributed by atoms with van der Waals surface area (Å²) < 4.78 is 37.8. The van der Waals surface area contributed by atoms with E-state index in [4.69, 9.17) is 9.47 Å². The summed E-state index contributed by atoms with van der Waals surface area (Å²) in [4.78, 5) is 12.5. The molecular formula is C24H34F2O3. The van der Waals surface area contributed by atoms with Gasteiger partial charge in [-0.1, -0.05) is 39.0 Å². The number of benzene rings is 1. The fourth-order valence-corrected chi connectivity index (χ4v) is 5.21. The summed E-state index contributed by atoms with van der Waals surface area (Å²) in [6.07, 6.45) is 13.0. The van der Waals surface area contributed by atoms with Gasteiger partial charge < -0.3 is 9.47 Å². The van der Waals surface area contributed by atoms with Gasteiger partial charge in [-0.15, -0.1) is 0 Å². The Hall–Kier alpha value is -1.65. The van der Waals surface area contributed by atoms with Crippen LogP contribution < -0.4 is 9.47 Å². The maximum Gasteiger partial charge on any atom is 0.314 e. The second kappa shape index (κ2) is 10.4. The molecule has 3 rings (SSSR count). The molecule has 3 nitrogen and oxygen atoms in total. The van der Waals surface area contributed by atoms with Crippen LogP contribution in [0.2, 0.25) is 0 Å². The SMILES string of the molecule is CCCCC1CCC(C2CCC(C(=O)Oc3ccc(OC)c(F)c3F)CC2)CC1. The number of carbonyl (C=O) groups excluding carboxylic acids is 1. The van der Waals surface area contributed by atoms with E-state index in [1.807, 2.05) is 0 Å². The highest BCUT2D eigenvalue weighted by Gasteiger charge is 2.34. The summed E-state index contributed by atoms with van der Waals surface area (Å²) in [6, 6.07) is 2.52. The highest BCUT2D eigenvalue weighted by atomic mass is 19.2. The monoisotopic (exact) mass is 408 g/mol. The zero-order chi connectivity index (χ0) is 20.8. The third-order valence-corrected chi connectivity index (χ3v) is 7.07. The second-order valence-corrected chi connectivity index (χ2v) is 8.85. The normalized spacial score (nSPS) is 27.4. The van der Waals surface area contributed by atoms with Crippen LogP contribution in [0.15, 0.2) is 12.1 Å². The second-order valence-electron chi connectivity index (χ2n) is 8.85. The topological polar surface area (TPSA) is 35.5 Å². The summed E-state index contributed by atoms with van der Waals surface area (Å²) in [5.41, 5.74) is 0. The minimum absolute atomic E-state index is 0.202. The lowest BCUT2D eigenvalue weighted by molar-refractivity contribution is -0.140. The van der Waals surface area contributed by atoms with E-state index in [0.717, 1.165) is 37.5 Å². The van der Waals surface area contributed by atoms with Crippen LogP contribution in [0.3, 0.4) is 0 Å². The number of rotatable bonds is 7. The summed E-state index contributed by atoms with van der Waals surface area (Å²) in [6.45, 7) is 2.26. The first kappa shape index (κ1) is 22.0. The Morgan fingerprint density at radius 3 is 2.07 bits per heavy atom. The van der Waals surface area contributed by atoms with Crippen molar-refractivity contribution in [1.29, 1.82) is 0 Å². The summed E-state index contributed by atoms with van der Waals surface area (Å²) >= 11 is 0. The smallest absolute Gasteiger partial charge is 0.314 e. The minimum atomic E-state index is -1.17. The van der Waals surface area contributed by atoms with E-state index in [-0.39, 0.29) is 17.4 Å². The quantitative estimate of drug-likeness (QED) is 0.373. The van der Waals surface area contributed by atoms with Crippen molar-refractivity contribution in [2.24, 2.45) is 23.7 Å². The average molecular weight is 409 g/mol. The van der Waals surface area contributed by atoms with Gasteiger partial charge in [0.15, 0.2) is 11.5 Å². The Morgan fingerprint density at radius 1 is 0.931 bits per heavy atom. The van der Waals surface area contributed by atoms with E-state index in [0.29, 0.717) is 5.92 Å². The Kier molecular flexibility index (Phi) is 7.91. The van der Waals surface area contributed by atoms with Gasteiger partial charge in [0.1, 0.15) is 0 Å². The highest BCUT2D eigenvalue weighted by Crippen LogP contribution is 2.42. The van der Waals surface area contributed by atoms with E-state index in [1.54, 1.807) is 0 Å². The van der Waals surface area contributed by atoms with E-state index < -0.39 is 17.6 Å². The molecule has 0 spiro atoms. The number of carbonyl (C=O) groups is 1. The number of hydrogen-bond acceptors (Lipinski definition) is 3. The van der Waals surface area contributed by atoms with Crippen LogP contribution >= 0.6 is 0 Å². The summed E-state index contributed by atoms with van der Waals surface area (Å²) in [5, 5.41) is 0. The van der Waals surface area contributed by atoms with Gasteiger partial charge in [0.05, 0.1) is 13.0 Å². The van der Waals surface area contributed by atoms with Crippen molar-refractivity contribution in [2.45, 2.75) is 77.6 Å². The molecule has 0 heterocycles. The number of esters is 1. The van der Waals surface area contributed by atoms with Crippen LogP contribution in [-0.4, -0.2) is 13.1 Å². The standard InChI is InChI=1S/C24H34F2O3/c1-3-4-5-16-6-8-17(9-7-16)18-10-12-19(13-11-18)24(27)29-21-15-14-20(28-2)22(25)23(21)26/h14-19H,3-13H2,1-2H3. The van der Waals surface area contributed by atoms with Gasteiger partial charge in [0.2, 0.25) is 11.6 Å². The zero-order valence-electron chi connectivity index (χ0n) is 17.7. The summed E-state index contributed by atoms with van der Waals surface area (Å²) in [7, 11) is 1.26. The molecule has 0 unspecified atom stereocenters. The van der Waals surface area contributed by atoms with Gasteiger partial charge >= 0.3 is 5.97 Å². The number of ether oxygens (including phenoxy) is 2. The maximum absolute atomic E-state index is 14.1. The molecule has 1 aromatic rings. The highest BCUT2D eigenvalue weighted by molar-refractivity contribution is 5.75. The predicted octanol–water partition coefficient (Wildman–Crippen LogP) is 6.68. The van der Waals surface area contributed by atoms with Crippen molar-refractivity contribution in [1.82, 2.24) is 0 Å². The lowest BCUT2D eigenvalue weighted by Crippen LogP contribution is -2.30. The lowest BCUT2D eigenvalue weighted by Gasteiger charge is -2.37. The van der Waals surface area contributed by atoms with Crippen molar-refractivity contribution in [2.75, 3.05) is 7.11 Å². The molecule has 0 atom stereocenters. The maximum atomic E-state index is 14.1. The van der Waals surface area contributed by atoms with Gasteiger partial charge in [-0.25, -0.2) is 0 Å². The first-order valence-corrected chi connectivity index (χ1v) is 11.3. The van der Waals surface area contributed by atoms with Crippen molar-refractivity contribution in [3.8, 4) is 11.5 Å². The molecular weight excluding hydrogens is 374 g/mol. The molecule has 0 radical (unpaired) electrons. The van der Waals surface area contributed by atoms with Crippen molar-refractivity contribution < 1.29 is 23.0 Å². The zero-order valence-corrected chi connectivity index (χ0v) is 17.7. The van der Waals surface area contributed by atoms with Crippen LogP contribution in [0.4, 0.5) is 8.78 Å². The van der Waals surface area contributed by atoms with Crippen LogP contribution in [0, 0.1) is 35.3 Å². The minimum Gasteiger partial charge on any atom is -0.494 e. The van der Waals surface area contributed by atoms with Crippen LogP contribution in [-0.2, 0) is 4.79 Å². The van der Waals surface area contributed by atoms with Gasteiger partial charge in [0, 0.05) is 0 Å². The molecule has 29 heavy (non-hydrogen) atoms. The Morgan fingerprint density at radius 2 is 1.48 bits per heavy atom. The Labute approximate surface area is 173 Å². The van der Waals surface area contributed by atoms with Crippen LogP contribution in [0.25, 0.3) is 0 Å². The van der Waals surface area contributed by atoms with Crippen molar-refractivity contribution >= 4 is 5.97 Å². The van der Waals surface area contributed by atoms with Gasteiger partial charge in [-0.3, -0.25) is 4.79 Å². The van der Waals surface area contributed by atoms with E-state index in [9.17, 15) is 13.6 Å². The Balaban J connectivity index is 1.46. The van der Waals surface area contributed by atoms with Crippen LogP contribution in [0.5, 0.6) is 11.5 Å². The molecule has 0 aliphatic heterocycles. The molecule has 2 fully saturated rings. The average Bonchev–Trinajstić information content (AvgIpc) is 2.76. The molecule has 2 aliphatic carbocycles. The van der Waals surface area contributed by atoms with Crippen molar-refractivity contribution in [3.05, 3.63) is 23.8 Å². The lowest BCUT2D eigenvalue weighted by atomic mass is 9.68. The van der Waals surface area contributed by atoms with Crippen LogP contribution in [0.1, 0.15) is 77.6 Å². The Bertz CT molecular complexity index is 675. The number of unbranched alkanes of at least 4 members (excludes halogenated alkanes) is 1. The molecule has 1 aromatic carbocycles. The molecule has 2 aliphatic rings. The first-order chi connectivity index (χ1) is 14.0. The first-order valence-electron chi connectivity index (χ1n) is 11.3. The van der Waals surface area contributed by atoms with Gasteiger partial charge in [-0.2, -0.15) is 8.78 Å². The summed E-state index contributed by atoms with van der Waals surface area (Å²) in [5.74, 6) is -1.14. The molecule has 0 bridgehead atoms. The number of hydrogen-bond donors (Lipinski definition) is 0. The molecule has 2 saturated carbocycles. The third-order valence-electron chi connectivity index (χ3n) is 7.07. The molecule has 0 N–H and O–H groups in total. The predicted molar refractivity (Wildman–Crippen MR) is 109 cm³/mol. The van der Waals surface area contributed by atoms with E-state index >= 15 is 0 Å². The van der Waals surface area contributed by atoms with E-state index in [2.05, 4.69) is 6.92 Å². The largest absolute Gasteiger partial charge is 0.494 e. The molecule has 0 saturated heterocycles. The van der Waals surface area contributed by atoms with Gasteiger partial charge in [-0.05, 0) is 68.4 Å². The fourth-order valence-electron chi connectivity index (χ4n) is 5.21. The molecule has 162 valence electrons. The molecule has 0 aromatic heterocycles. The third kappa shape index (κ3) is 5.49. The van der Waals surface area contributed by atoms with E-state index in [1.165, 1.54) is 64.2 Å². The molecule has 0 amide bonds. The molecule has 5 heteroatoms.